The second-order valence-electron chi connectivity index (χ2n) is 6.25. The maximum atomic E-state index is 6.33. The quantitative estimate of drug-likeness (QED) is 0.776. The Bertz CT molecular complexity index is 799. The number of hydrogen-bond donors (Lipinski definition) is 0. The molecule has 1 fully saturated rings. The molecule has 0 spiro atoms. The van der Waals surface area contributed by atoms with Crippen molar-refractivity contribution in [3.8, 4) is 5.75 Å². The summed E-state index contributed by atoms with van der Waals surface area (Å²) in [6.07, 6.45) is 1.83. The van der Waals surface area contributed by atoms with Crippen molar-refractivity contribution < 1.29 is 4.74 Å². The van der Waals surface area contributed by atoms with Crippen molar-refractivity contribution in [1.82, 2.24) is 9.88 Å². The number of ether oxygens (including phenoxy) is 1. The molecule has 0 aliphatic carbocycles. The van der Waals surface area contributed by atoms with Crippen LogP contribution in [-0.4, -0.2) is 33.5 Å². The summed E-state index contributed by atoms with van der Waals surface area (Å²) < 4.78 is 5.90. The highest BCUT2D eigenvalue weighted by molar-refractivity contribution is 8.14. The highest BCUT2D eigenvalue weighted by Crippen LogP contribution is 2.49. The average Bonchev–Trinajstić information content (AvgIpc) is 3.13. The molecule has 0 unspecified atom stereocenters. The molecule has 0 amide bonds. The fourth-order valence-corrected chi connectivity index (χ4v) is 4.76. The first-order valence-electron chi connectivity index (χ1n) is 8.51. The van der Waals surface area contributed by atoms with Crippen molar-refractivity contribution in [3.63, 3.8) is 0 Å². The number of amidine groups is 1. The zero-order valence-corrected chi connectivity index (χ0v) is 15.8. The van der Waals surface area contributed by atoms with Gasteiger partial charge in [0.05, 0.1) is 18.3 Å². The Balaban J connectivity index is 1.81. The third-order valence-electron chi connectivity index (χ3n) is 4.47. The fraction of sp³-hybridized carbons (Fsp3) is 0.368. The summed E-state index contributed by atoms with van der Waals surface area (Å²) in [4.78, 5) is 11.9. The van der Waals surface area contributed by atoms with E-state index in [-0.39, 0.29) is 12.1 Å². The Morgan fingerprint density at radius 2 is 2.20 bits per heavy atom. The predicted molar refractivity (Wildman–Crippen MR) is 104 cm³/mol. The molecule has 4 nitrogen and oxygen atoms in total. The van der Waals surface area contributed by atoms with E-state index in [1.165, 1.54) is 0 Å². The summed E-state index contributed by atoms with van der Waals surface area (Å²) in [5.41, 5.74) is 2.06. The van der Waals surface area contributed by atoms with Gasteiger partial charge in [-0.15, -0.1) is 0 Å². The molecule has 2 aliphatic heterocycles. The summed E-state index contributed by atoms with van der Waals surface area (Å²) in [7, 11) is 0. The Kier molecular flexibility index (Phi) is 4.61. The third kappa shape index (κ3) is 3.11. The van der Waals surface area contributed by atoms with Crippen LogP contribution in [0, 0.1) is 0 Å². The lowest BCUT2D eigenvalue weighted by Gasteiger charge is -2.29. The van der Waals surface area contributed by atoms with Gasteiger partial charge in [-0.2, -0.15) is 0 Å². The van der Waals surface area contributed by atoms with E-state index in [2.05, 4.69) is 16.8 Å². The van der Waals surface area contributed by atoms with Crippen molar-refractivity contribution in [3.05, 3.63) is 58.9 Å². The SMILES string of the molecule is CCOc1ccc(Cl)cc1[C@H]1[C@@H](c2ccccn2)N=C2S[C@@H](C)CN21. The van der Waals surface area contributed by atoms with Gasteiger partial charge in [-0.25, -0.2) is 0 Å². The predicted octanol–water partition coefficient (Wildman–Crippen LogP) is 4.72. The zero-order chi connectivity index (χ0) is 17.4. The number of aromatic nitrogens is 1. The lowest BCUT2D eigenvalue weighted by atomic mass is 9.95. The summed E-state index contributed by atoms with van der Waals surface area (Å²) in [6.45, 7) is 5.82. The largest absolute Gasteiger partial charge is 0.494 e. The second-order valence-corrected chi connectivity index (χ2v) is 8.09. The molecule has 25 heavy (non-hydrogen) atoms. The third-order valence-corrected chi connectivity index (χ3v) is 5.81. The zero-order valence-electron chi connectivity index (χ0n) is 14.2. The van der Waals surface area contributed by atoms with Gasteiger partial charge in [-0.1, -0.05) is 36.4 Å². The Morgan fingerprint density at radius 3 is 2.96 bits per heavy atom. The van der Waals surface area contributed by atoms with Crippen molar-refractivity contribution in [2.75, 3.05) is 13.2 Å². The number of pyridine rings is 1. The molecule has 130 valence electrons. The molecule has 0 bridgehead atoms. The van der Waals surface area contributed by atoms with Gasteiger partial charge in [0.2, 0.25) is 0 Å². The van der Waals surface area contributed by atoms with Crippen LogP contribution in [0.1, 0.15) is 37.2 Å². The summed E-state index contributed by atoms with van der Waals surface area (Å²) in [5.74, 6) is 0.874. The fourth-order valence-electron chi connectivity index (χ4n) is 3.49. The van der Waals surface area contributed by atoms with E-state index in [1.807, 2.05) is 61.3 Å². The number of thioether (sulfide) groups is 1. The Labute approximate surface area is 157 Å². The van der Waals surface area contributed by atoms with E-state index >= 15 is 0 Å². The highest BCUT2D eigenvalue weighted by Gasteiger charge is 2.44. The average molecular weight is 374 g/mol. The molecule has 2 aliphatic rings. The number of benzene rings is 1. The van der Waals surface area contributed by atoms with E-state index in [9.17, 15) is 0 Å². The smallest absolute Gasteiger partial charge is 0.160 e. The second kappa shape index (κ2) is 6.89. The molecular formula is C19H20ClN3OS. The number of nitrogens with zero attached hydrogens (tertiary/aromatic N) is 3. The Hall–Kier alpha value is -1.72. The van der Waals surface area contributed by atoms with Gasteiger partial charge in [-0.05, 0) is 37.3 Å². The van der Waals surface area contributed by atoms with Crippen LogP contribution in [0.15, 0.2) is 47.6 Å². The molecule has 1 aromatic heterocycles. The standard InChI is InChI=1S/C19H20ClN3OS/c1-3-24-16-8-7-13(20)10-14(16)18-17(15-6-4-5-9-21-15)22-19-23(18)11-12(2)25-19/h4-10,12,17-18H,3,11H2,1-2H3/t12-,17+,18-/m0/s1. The maximum Gasteiger partial charge on any atom is 0.160 e. The minimum Gasteiger partial charge on any atom is -0.494 e. The van der Waals surface area contributed by atoms with Crippen LogP contribution in [0.3, 0.4) is 0 Å². The lowest BCUT2D eigenvalue weighted by Crippen LogP contribution is -2.29. The summed E-state index contributed by atoms with van der Waals surface area (Å²) in [6, 6.07) is 11.9. The van der Waals surface area contributed by atoms with Crippen molar-refractivity contribution in [2.24, 2.45) is 4.99 Å². The van der Waals surface area contributed by atoms with Crippen molar-refractivity contribution in [1.29, 1.82) is 0 Å². The van der Waals surface area contributed by atoms with Gasteiger partial charge in [0.1, 0.15) is 11.8 Å². The van der Waals surface area contributed by atoms with Gasteiger partial charge < -0.3 is 9.64 Å². The normalized spacial score (nSPS) is 25.0. The monoisotopic (exact) mass is 373 g/mol. The number of rotatable bonds is 4. The van der Waals surface area contributed by atoms with Crippen molar-refractivity contribution >= 4 is 28.5 Å². The minimum absolute atomic E-state index is 0.0473. The van der Waals surface area contributed by atoms with Gasteiger partial charge in [0, 0.05) is 28.6 Å². The Morgan fingerprint density at radius 1 is 1.32 bits per heavy atom. The number of aliphatic imine (C=N–C) groups is 1. The molecular weight excluding hydrogens is 354 g/mol. The topological polar surface area (TPSA) is 37.7 Å². The van der Waals surface area contributed by atoms with Crippen LogP contribution in [-0.2, 0) is 0 Å². The van der Waals surface area contributed by atoms with Gasteiger partial charge in [-0.3, -0.25) is 9.98 Å². The minimum atomic E-state index is -0.0473. The van der Waals surface area contributed by atoms with Crippen molar-refractivity contribution in [2.45, 2.75) is 31.2 Å². The van der Waals surface area contributed by atoms with E-state index in [0.29, 0.717) is 16.9 Å². The van der Waals surface area contributed by atoms with Crippen LogP contribution >= 0.6 is 23.4 Å². The highest BCUT2D eigenvalue weighted by atomic mass is 35.5. The number of halogens is 1. The van der Waals surface area contributed by atoms with E-state index < -0.39 is 0 Å². The first-order chi connectivity index (χ1) is 12.2. The first-order valence-corrected chi connectivity index (χ1v) is 9.77. The molecule has 2 aromatic rings. The molecule has 6 heteroatoms. The van der Waals surface area contributed by atoms with Gasteiger partial charge in [0.25, 0.3) is 0 Å². The first kappa shape index (κ1) is 16.7. The molecule has 1 saturated heterocycles. The van der Waals surface area contributed by atoms with E-state index in [4.69, 9.17) is 21.3 Å². The van der Waals surface area contributed by atoms with Crippen LogP contribution in [0.2, 0.25) is 5.02 Å². The molecule has 4 rings (SSSR count). The van der Waals surface area contributed by atoms with Crippen LogP contribution in [0.25, 0.3) is 0 Å². The molecule has 0 radical (unpaired) electrons. The van der Waals surface area contributed by atoms with E-state index in [1.54, 1.807) is 0 Å². The van der Waals surface area contributed by atoms with Gasteiger partial charge >= 0.3 is 0 Å². The lowest BCUT2D eigenvalue weighted by molar-refractivity contribution is 0.292. The van der Waals surface area contributed by atoms with Gasteiger partial charge in [0.15, 0.2) is 5.17 Å². The van der Waals surface area contributed by atoms with Crippen LogP contribution in [0.4, 0.5) is 0 Å². The summed E-state index contributed by atoms with van der Waals surface area (Å²) >= 11 is 8.16. The van der Waals surface area contributed by atoms with Crippen LogP contribution in [0.5, 0.6) is 5.75 Å². The molecule has 0 N–H and O–H groups in total. The molecule has 3 atom stereocenters. The van der Waals surface area contributed by atoms with Crippen LogP contribution < -0.4 is 4.74 Å². The molecule has 1 aromatic carbocycles. The molecule has 0 saturated carbocycles. The van der Waals surface area contributed by atoms with E-state index in [0.717, 1.165) is 28.7 Å². The number of hydrogen-bond acceptors (Lipinski definition) is 5. The summed E-state index contributed by atoms with van der Waals surface area (Å²) in [5, 5.41) is 2.34. The number of fused-ring (bicyclic) bond motifs is 1. The maximum absolute atomic E-state index is 6.33. The molecule has 3 heterocycles.